The number of nitrogens with zero attached hydrogens (tertiary/aromatic N) is 1. The summed E-state index contributed by atoms with van der Waals surface area (Å²) in [6.45, 7) is 7.94. The molecule has 11 heteroatoms. The number of hydrogen-bond acceptors (Lipinski definition) is 11. The quantitative estimate of drug-likeness (QED) is 0.0368. The fraction of sp³-hybridized carbons (Fsp3) is 0.133. The maximum absolute atomic E-state index is 13.2. The molecule has 5 aromatic carbocycles. The van der Waals surface area contributed by atoms with Gasteiger partial charge in [0.2, 0.25) is 0 Å². The van der Waals surface area contributed by atoms with Gasteiger partial charge in [0, 0.05) is 31.1 Å². The maximum atomic E-state index is 13.2. The first kappa shape index (κ1) is 39.8. The van der Waals surface area contributed by atoms with Crippen molar-refractivity contribution in [3.8, 4) is 51.3 Å². The average molecular weight is 752 g/mol. The van der Waals surface area contributed by atoms with Gasteiger partial charge in [-0.2, -0.15) is 5.26 Å². The topological polar surface area (TPSA) is 147 Å². The Balaban J connectivity index is 1.16. The Bertz CT molecular complexity index is 2200. The van der Waals surface area contributed by atoms with Gasteiger partial charge in [0.05, 0.1) is 49.2 Å². The first-order chi connectivity index (χ1) is 27.3. The van der Waals surface area contributed by atoms with E-state index < -0.39 is 23.9 Å². The molecule has 0 spiro atoms. The number of benzene rings is 5. The van der Waals surface area contributed by atoms with Crippen molar-refractivity contribution in [2.45, 2.75) is 12.8 Å². The monoisotopic (exact) mass is 751 g/mol. The molecule has 0 amide bonds. The number of esters is 4. The summed E-state index contributed by atoms with van der Waals surface area (Å²) in [6, 6.07) is 34.6. The van der Waals surface area contributed by atoms with Crippen LogP contribution in [0.2, 0.25) is 0 Å². The molecule has 56 heavy (non-hydrogen) atoms. The van der Waals surface area contributed by atoms with E-state index >= 15 is 0 Å². The highest BCUT2D eigenvalue weighted by atomic mass is 16.6. The highest BCUT2D eigenvalue weighted by Gasteiger charge is 2.18. The van der Waals surface area contributed by atoms with Crippen LogP contribution in [0.25, 0.3) is 22.3 Å². The molecular formula is C45H37NO10. The molecule has 0 radical (unpaired) electrons. The molecule has 0 aliphatic heterocycles. The van der Waals surface area contributed by atoms with Crippen LogP contribution in [-0.4, -0.2) is 50.3 Å². The summed E-state index contributed by atoms with van der Waals surface area (Å²) in [6.07, 6.45) is 3.30. The number of hydrogen-bond donors (Lipinski definition) is 0. The van der Waals surface area contributed by atoms with Crippen molar-refractivity contribution in [1.82, 2.24) is 0 Å². The Morgan fingerprint density at radius 2 is 0.911 bits per heavy atom. The zero-order valence-corrected chi connectivity index (χ0v) is 30.3. The summed E-state index contributed by atoms with van der Waals surface area (Å²) < 4.78 is 32.5. The van der Waals surface area contributed by atoms with Gasteiger partial charge >= 0.3 is 23.9 Å². The van der Waals surface area contributed by atoms with Gasteiger partial charge < -0.3 is 28.4 Å². The van der Waals surface area contributed by atoms with Gasteiger partial charge in [-0.15, -0.1) is 0 Å². The third-order valence-electron chi connectivity index (χ3n) is 8.03. The van der Waals surface area contributed by atoms with Crippen LogP contribution < -0.4 is 18.9 Å². The second-order valence-electron chi connectivity index (χ2n) is 11.9. The minimum Gasteiger partial charge on any atom is -0.493 e. The molecule has 0 heterocycles. The lowest BCUT2D eigenvalue weighted by atomic mass is 10.0. The standard InChI is InChI=1S/C45H37NO10/c1-3-42(47)53-27-5-25-51-38-20-16-34(17-21-38)32-8-12-36(13-9-32)44(49)55-40-24-7-31(30-46)29-41(40)56-45(50)37-14-10-33(11-15-37)35-18-22-39(23-19-35)52-26-6-28-54-43(48)4-2/h3-4,7-24,29H,1-2,5-6,25-28H2. The first-order valence-electron chi connectivity index (χ1n) is 17.5. The third kappa shape index (κ3) is 11.5. The van der Waals surface area contributed by atoms with Crippen LogP contribution in [0.3, 0.4) is 0 Å². The molecule has 11 nitrogen and oxygen atoms in total. The molecule has 0 bridgehead atoms. The number of rotatable bonds is 18. The van der Waals surface area contributed by atoms with Crippen molar-refractivity contribution in [1.29, 1.82) is 5.26 Å². The highest BCUT2D eigenvalue weighted by Crippen LogP contribution is 2.31. The summed E-state index contributed by atoms with van der Waals surface area (Å²) in [4.78, 5) is 48.6. The molecule has 0 N–H and O–H groups in total. The van der Waals surface area contributed by atoms with E-state index in [4.69, 9.17) is 28.4 Å². The Morgan fingerprint density at radius 3 is 1.30 bits per heavy atom. The Morgan fingerprint density at radius 1 is 0.518 bits per heavy atom. The molecule has 0 fully saturated rings. The number of ether oxygens (including phenoxy) is 6. The molecule has 0 saturated carbocycles. The van der Waals surface area contributed by atoms with Gasteiger partial charge in [0.25, 0.3) is 0 Å². The van der Waals surface area contributed by atoms with Gasteiger partial charge in [0.1, 0.15) is 11.5 Å². The third-order valence-corrected chi connectivity index (χ3v) is 8.03. The summed E-state index contributed by atoms with van der Waals surface area (Å²) in [5.41, 5.74) is 4.20. The maximum Gasteiger partial charge on any atom is 0.343 e. The van der Waals surface area contributed by atoms with Crippen molar-refractivity contribution in [3.05, 3.63) is 157 Å². The van der Waals surface area contributed by atoms with Crippen molar-refractivity contribution in [3.63, 3.8) is 0 Å². The van der Waals surface area contributed by atoms with Gasteiger partial charge in [-0.3, -0.25) is 0 Å². The zero-order chi connectivity index (χ0) is 39.7. The average Bonchev–Trinajstić information content (AvgIpc) is 3.24. The molecule has 0 aliphatic rings. The van der Waals surface area contributed by atoms with Gasteiger partial charge in [-0.1, -0.05) is 61.7 Å². The van der Waals surface area contributed by atoms with E-state index in [1.807, 2.05) is 54.6 Å². The zero-order valence-electron chi connectivity index (χ0n) is 30.3. The largest absolute Gasteiger partial charge is 0.493 e. The van der Waals surface area contributed by atoms with E-state index in [1.54, 1.807) is 48.5 Å². The molecular weight excluding hydrogens is 714 g/mol. The molecule has 0 atom stereocenters. The molecule has 282 valence electrons. The molecule has 0 unspecified atom stereocenters. The minimum atomic E-state index is -0.707. The van der Waals surface area contributed by atoms with Gasteiger partial charge in [-0.25, -0.2) is 19.2 Å². The predicted molar refractivity (Wildman–Crippen MR) is 207 cm³/mol. The second kappa shape index (κ2) is 20.1. The van der Waals surface area contributed by atoms with Crippen LogP contribution >= 0.6 is 0 Å². The molecule has 0 aliphatic carbocycles. The van der Waals surface area contributed by atoms with E-state index in [1.165, 1.54) is 18.2 Å². The lowest BCUT2D eigenvalue weighted by molar-refractivity contribution is -0.138. The Kier molecular flexibility index (Phi) is 14.3. The van der Waals surface area contributed by atoms with Crippen LogP contribution in [0.15, 0.2) is 141 Å². The normalized spacial score (nSPS) is 10.3. The van der Waals surface area contributed by atoms with Crippen molar-refractivity contribution in [2.24, 2.45) is 0 Å². The van der Waals surface area contributed by atoms with E-state index in [9.17, 15) is 24.4 Å². The number of carbonyl (C=O) groups is 4. The van der Waals surface area contributed by atoms with Crippen LogP contribution in [0.4, 0.5) is 0 Å². The lowest BCUT2D eigenvalue weighted by Gasteiger charge is -2.12. The highest BCUT2D eigenvalue weighted by molar-refractivity contribution is 5.94. The minimum absolute atomic E-state index is 0.0300. The molecule has 0 aromatic heterocycles. The first-order valence-corrected chi connectivity index (χ1v) is 17.5. The van der Waals surface area contributed by atoms with Crippen LogP contribution in [0.5, 0.6) is 23.0 Å². The fourth-order valence-electron chi connectivity index (χ4n) is 5.11. The number of carbonyl (C=O) groups excluding carboxylic acids is 4. The Hall–Kier alpha value is -7.45. The predicted octanol–water partition coefficient (Wildman–Crippen LogP) is 8.33. The van der Waals surface area contributed by atoms with Crippen molar-refractivity contribution < 1.29 is 47.6 Å². The second-order valence-corrected chi connectivity index (χ2v) is 11.9. The number of nitriles is 1. The van der Waals surface area contributed by atoms with Crippen LogP contribution in [-0.2, 0) is 19.1 Å². The lowest BCUT2D eigenvalue weighted by Crippen LogP contribution is -2.13. The van der Waals surface area contributed by atoms with E-state index in [-0.39, 0.29) is 41.4 Å². The van der Waals surface area contributed by atoms with Crippen LogP contribution in [0.1, 0.15) is 39.1 Å². The molecule has 5 rings (SSSR count). The summed E-state index contributed by atoms with van der Waals surface area (Å²) in [7, 11) is 0. The fourth-order valence-corrected chi connectivity index (χ4v) is 5.11. The van der Waals surface area contributed by atoms with Crippen molar-refractivity contribution >= 4 is 23.9 Å². The summed E-state index contributed by atoms with van der Waals surface area (Å²) in [5, 5.41) is 9.48. The molecule has 5 aromatic rings. The summed E-state index contributed by atoms with van der Waals surface area (Å²) >= 11 is 0. The van der Waals surface area contributed by atoms with Gasteiger partial charge in [-0.05, 0) is 82.9 Å². The summed E-state index contributed by atoms with van der Waals surface area (Å²) in [5.74, 6) is -1.13. The van der Waals surface area contributed by atoms with E-state index in [0.29, 0.717) is 37.6 Å². The molecule has 0 saturated heterocycles. The van der Waals surface area contributed by atoms with Gasteiger partial charge in [0.15, 0.2) is 11.5 Å². The smallest absolute Gasteiger partial charge is 0.343 e. The van der Waals surface area contributed by atoms with E-state index in [2.05, 4.69) is 13.2 Å². The van der Waals surface area contributed by atoms with Crippen molar-refractivity contribution in [2.75, 3.05) is 26.4 Å². The van der Waals surface area contributed by atoms with Crippen LogP contribution in [0, 0.1) is 11.3 Å². The van der Waals surface area contributed by atoms with E-state index in [0.717, 1.165) is 34.4 Å². The Labute approximate surface area is 323 Å². The SMILES string of the molecule is C=CC(=O)OCCCOc1ccc(-c2ccc(C(=O)Oc3ccc(C#N)cc3OC(=O)c3ccc(-c4ccc(OCCCOC(=O)C=C)cc4)cc3)cc2)cc1.